The molecule has 106 valence electrons. The number of rotatable bonds is 5. The van der Waals surface area contributed by atoms with Gasteiger partial charge in [0.15, 0.2) is 0 Å². The molecule has 20 heavy (non-hydrogen) atoms. The zero-order valence-electron chi connectivity index (χ0n) is 11.6. The van der Waals surface area contributed by atoms with Crippen LogP contribution in [-0.4, -0.2) is 34.8 Å². The first-order valence-corrected chi connectivity index (χ1v) is 7.86. The summed E-state index contributed by atoms with van der Waals surface area (Å²) < 4.78 is 0. The van der Waals surface area contributed by atoms with Crippen LogP contribution in [0.2, 0.25) is 0 Å². The van der Waals surface area contributed by atoms with Crippen LogP contribution in [0, 0.1) is 0 Å². The summed E-state index contributed by atoms with van der Waals surface area (Å²) in [6.45, 7) is 1.75. The number of amides is 1. The highest BCUT2D eigenvalue weighted by Crippen LogP contribution is 2.22. The number of nitrogens with one attached hydrogen (secondary N) is 1. The lowest BCUT2D eigenvalue weighted by Gasteiger charge is -2.09. The van der Waals surface area contributed by atoms with E-state index in [9.17, 15) is 9.90 Å². The van der Waals surface area contributed by atoms with Gasteiger partial charge in [0.25, 0.3) is 5.91 Å². The third-order valence-electron chi connectivity index (χ3n) is 3.14. The maximum absolute atomic E-state index is 12.0. The Morgan fingerprint density at radius 3 is 2.75 bits per heavy atom. The molecule has 4 nitrogen and oxygen atoms in total. The van der Waals surface area contributed by atoms with E-state index >= 15 is 0 Å². The van der Waals surface area contributed by atoms with Gasteiger partial charge in [0.2, 0.25) is 0 Å². The summed E-state index contributed by atoms with van der Waals surface area (Å²) in [6, 6.07) is 9.11. The SMILES string of the molecule is CSCC[C@H]1NC(=O)C(C(C)=Nc2ccccc2)=C1O. The van der Waals surface area contributed by atoms with Crippen molar-refractivity contribution in [1.29, 1.82) is 0 Å². The molecule has 0 bridgehead atoms. The second-order valence-corrected chi connectivity index (χ2v) is 5.59. The van der Waals surface area contributed by atoms with Crippen LogP contribution in [0.25, 0.3) is 0 Å². The third-order valence-corrected chi connectivity index (χ3v) is 3.79. The van der Waals surface area contributed by atoms with Crippen LogP contribution >= 0.6 is 11.8 Å². The largest absolute Gasteiger partial charge is 0.509 e. The summed E-state index contributed by atoms with van der Waals surface area (Å²) in [5.41, 5.74) is 1.61. The number of carbonyl (C=O) groups is 1. The molecule has 0 saturated heterocycles. The van der Waals surface area contributed by atoms with Gasteiger partial charge in [-0.25, -0.2) is 0 Å². The van der Waals surface area contributed by atoms with E-state index < -0.39 is 0 Å². The molecule has 1 aliphatic heterocycles. The molecule has 2 rings (SSSR count). The van der Waals surface area contributed by atoms with E-state index in [0.717, 1.165) is 17.9 Å². The predicted octanol–water partition coefficient (Wildman–Crippen LogP) is 2.84. The Hall–Kier alpha value is -1.75. The summed E-state index contributed by atoms with van der Waals surface area (Å²) >= 11 is 1.69. The average molecular weight is 290 g/mol. The number of thioether (sulfide) groups is 1. The Labute approximate surface area is 123 Å². The summed E-state index contributed by atoms with van der Waals surface area (Å²) in [5.74, 6) is 0.754. The van der Waals surface area contributed by atoms with Crippen LogP contribution in [0.15, 0.2) is 46.7 Å². The van der Waals surface area contributed by atoms with Crippen molar-refractivity contribution in [2.24, 2.45) is 4.99 Å². The van der Waals surface area contributed by atoms with E-state index in [4.69, 9.17) is 0 Å². The van der Waals surface area contributed by atoms with Crippen molar-refractivity contribution in [3.05, 3.63) is 41.7 Å². The molecular formula is C15H18N2O2S. The smallest absolute Gasteiger partial charge is 0.257 e. The number of benzene rings is 1. The van der Waals surface area contributed by atoms with Crippen LogP contribution in [0.1, 0.15) is 13.3 Å². The number of aliphatic imine (C=N–C) groups is 1. The van der Waals surface area contributed by atoms with Crippen molar-refractivity contribution < 1.29 is 9.90 Å². The standard InChI is InChI=1S/C15H18N2O2S/c1-10(16-11-6-4-3-5-7-11)13-14(18)12(8-9-20-2)17-15(13)19/h3-7,12,18H,8-9H2,1-2H3,(H,17,19)/t12-/m1/s1. The maximum atomic E-state index is 12.0. The first kappa shape index (κ1) is 14.7. The highest BCUT2D eigenvalue weighted by atomic mass is 32.2. The summed E-state index contributed by atoms with van der Waals surface area (Å²) in [4.78, 5) is 16.4. The quantitative estimate of drug-likeness (QED) is 0.820. The third kappa shape index (κ3) is 3.22. The number of aliphatic hydroxyl groups excluding tert-OH is 1. The van der Waals surface area contributed by atoms with Crippen LogP contribution in [0.4, 0.5) is 5.69 Å². The minimum absolute atomic E-state index is 0.112. The molecule has 0 fully saturated rings. The number of nitrogens with zero attached hydrogens (tertiary/aromatic N) is 1. The minimum Gasteiger partial charge on any atom is -0.509 e. The van der Waals surface area contributed by atoms with E-state index in [2.05, 4.69) is 10.3 Å². The molecule has 0 unspecified atom stereocenters. The van der Waals surface area contributed by atoms with Gasteiger partial charge in [0.1, 0.15) is 11.3 Å². The fourth-order valence-electron chi connectivity index (χ4n) is 2.14. The molecule has 5 heteroatoms. The van der Waals surface area contributed by atoms with Crippen LogP contribution in [-0.2, 0) is 4.79 Å². The highest BCUT2D eigenvalue weighted by Gasteiger charge is 2.32. The monoisotopic (exact) mass is 290 g/mol. The van der Waals surface area contributed by atoms with Crippen molar-refractivity contribution in [1.82, 2.24) is 5.32 Å². The van der Waals surface area contributed by atoms with Crippen LogP contribution < -0.4 is 5.32 Å². The summed E-state index contributed by atoms with van der Waals surface area (Å²) in [6.07, 6.45) is 2.72. The number of hydrogen-bond donors (Lipinski definition) is 2. The molecule has 2 N–H and O–H groups in total. The van der Waals surface area contributed by atoms with Gasteiger partial charge in [-0.05, 0) is 37.5 Å². The first-order valence-electron chi connectivity index (χ1n) is 6.47. The van der Waals surface area contributed by atoms with Gasteiger partial charge < -0.3 is 10.4 Å². The Morgan fingerprint density at radius 2 is 2.10 bits per heavy atom. The normalized spacial score (nSPS) is 19.4. The lowest BCUT2D eigenvalue weighted by molar-refractivity contribution is -0.116. The van der Waals surface area contributed by atoms with Crippen LogP contribution in [0.3, 0.4) is 0 Å². The maximum Gasteiger partial charge on any atom is 0.257 e. The number of carbonyl (C=O) groups excluding carboxylic acids is 1. The second-order valence-electron chi connectivity index (χ2n) is 4.60. The van der Waals surface area contributed by atoms with E-state index in [1.807, 2.05) is 36.6 Å². The Balaban J connectivity index is 2.24. The fraction of sp³-hybridized carbons (Fsp3) is 0.333. The van der Waals surface area contributed by atoms with Gasteiger partial charge >= 0.3 is 0 Å². The molecule has 1 atom stereocenters. The van der Waals surface area contributed by atoms with Gasteiger partial charge in [0.05, 0.1) is 17.4 Å². The van der Waals surface area contributed by atoms with E-state index in [-0.39, 0.29) is 17.7 Å². The van der Waals surface area contributed by atoms with Gasteiger partial charge in [-0.2, -0.15) is 11.8 Å². The van der Waals surface area contributed by atoms with E-state index in [0.29, 0.717) is 11.3 Å². The second kappa shape index (κ2) is 6.61. The Bertz CT molecular complexity index is 552. The number of hydrogen-bond acceptors (Lipinski definition) is 4. The topological polar surface area (TPSA) is 61.7 Å². The molecule has 1 aromatic carbocycles. The Kier molecular flexibility index (Phi) is 4.84. The predicted molar refractivity (Wildman–Crippen MR) is 83.8 cm³/mol. The molecule has 0 radical (unpaired) electrons. The zero-order chi connectivity index (χ0) is 14.5. The molecular weight excluding hydrogens is 272 g/mol. The van der Waals surface area contributed by atoms with E-state index in [1.54, 1.807) is 18.7 Å². The molecule has 0 saturated carbocycles. The van der Waals surface area contributed by atoms with Crippen molar-refractivity contribution in [2.75, 3.05) is 12.0 Å². The van der Waals surface area contributed by atoms with Gasteiger partial charge in [-0.15, -0.1) is 0 Å². The van der Waals surface area contributed by atoms with Crippen molar-refractivity contribution in [3.8, 4) is 0 Å². The molecule has 1 aliphatic rings. The first-order chi connectivity index (χ1) is 9.63. The molecule has 0 spiro atoms. The molecule has 0 aromatic heterocycles. The van der Waals surface area contributed by atoms with Crippen molar-refractivity contribution in [2.45, 2.75) is 19.4 Å². The van der Waals surface area contributed by atoms with Crippen LogP contribution in [0.5, 0.6) is 0 Å². The lowest BCUT2D eigenvalue weighted by atomic mass is 10.1. The van der Waals surface area contributed by atoms with E-state index in [1.165, 1.54) is 0 Å². The minimum atomic E-state index is -0.286. The zero-order valence-corrected chi connectivity index (χ0v) is 12.4. The highest BCUT2D eigenvalue weighted by molar-refractivity contribution is 7.98. The molecule has 1 amide bonds. The average Bonchev–Trinajstić information content (AvgIpc) is 2.72. The number of aliphatic hydroxyl groups is 1. The van der Waals surface area contributed by atoms with Crippen molar-refractivity contribution in [3.63, 3.8) is 0 Å². The van der Waals surface area contributed by atoms with Gasteiger partial charge in [-0.3, -0.25) is 9.79 Å². The molecule has 1 aromatic rings. The molecule has 1 heterocycles. The number of para-hydroxylation sites is 1. The van der Waals surface area contributed by atoms with Gasteiger partial charge in [0, 0.05) is 0 Å². The summed E-state index contributed by atoms with van der Waals surface area (Å²) in [5, 5.41) is 13.0. The van der Waals surface area contributed by atoms with Gasteiger partial charge in [-0.1, -0.05) is 18.2 Å². The summed E-state index contributed by atoms with van der Waals surface area (Å²) in [7, 11) is 0. The lowest BCUT2D eigenvalue weighted by Crippen LogP contribution is -2.29. The fourth-order valence-corrected chi connectivity index (χ4v) is 2.61. The van der Waals surface area contributed by atoms with Crippen molar-refractivity contribution >= 4 is 29.1 Å². The Morgan fingerprint density at radius 1 is 1.40 bits per heavy atom. The molecule has 0 aliphatic carbocycles.